The Kier molecular flexibility index (Phi) is 6.59. The van der Waals surface area contributed by atoms with Gasteiger partial charge in [0.15, 0.2) is 17.2 Å². The van der Waals surface area contributed by atoms with E-state index in [-0.39, 0.29) is 58.9 Å². The van der Waals surface area contributed by atoms with E-state index in [9.17, 15) is 4.79 Å². The van der Waals surface area contributed by atoms with Crippen molar-refractivity contribution in [3.63, 3.8) is 0 Å². The Labute approximate surface area is 212 Å². The van der Waals surface area contributed by atoms with Crippen molar-refractivity contribution in [3.8, 4) is 22.6 Å². The van der Waals surface area contributed by atoms with Crippen molar-refractivity contribution in [3.05, 3.63) is 81.9 Å². The van der Waals surface area contributed by atoms with Crippen molar-refractivity contribution in [1.82, 2.24) is 10.6 Å². The van der Waals surface area contributed by atoms with E-state index in [0.29, 0.717) is 5.56 Å². The minimum atomic E-state index is -0.877. The number of nitrogens with one attached hydrogen (secondary N) is 2. The molecule has 188 valence electrons. The monoisotopic (exact) mass is 514 g/mol. The van der Waals surface area contributed by atoms with E-state index in [0.717, 1.165) is 18.5 Å². The Morgan fingerprint density at radius 2 is 2.00 bits per heavy atom. The first-order valence-corrected chi connectivity index (χ1v) is 12.1. The maximum Gasteiger partial charge on any atom is 0.251 e. The highest BCUT2D eigenvalue weighted by molar-refractivity contribution is 6.34. The maximum absolute atomic E-state index is 15.9. The highest BCUT2D eigenvalue weighted by Crippen LogP contribution is 2.52. The van der Waals surface area contributed by atoms with Gasteiger partial charge in [-0.2, -0.15) is 0 Å². The summed E-state index contributed by atoms with van der Waals surface area (Å²) < 4.78 is 43.0. The van der Waals surface area contributed by atoms with E-state index >= 15 is 8.78 Å². The van der Waals surface area contributed by atoms with Gasteiger partial charge in [-0.05, 0) is 30.7 Å². The average molecular weight is 515 g/mol. The molecule has 0 aromatic heterocycles. The van der Waals surface area contributed by atoms with Crippen LogP contribution in [0, 0.1) is 11.6 Å². The number of rotatable bonds is 7. The fourth-order valence-corrected chi connectivity index (χ4v) is 5.28. The molecule has 0 aliphatic carbocycles. The molecule has 36 heavy (non-hydrogen) atoms. The molecule has 0 bridgehead atoms. The summed E-state index contributed by atoms with van der Waals surface area (Å²) in [6.45, 7) is 0.336. The molecule has 2 aliphatic rings. The molecule has 0 spiro atoms. The van der Waals surface area contributed by atoms with Crippen LogP contribution in [0.5, 0.6) is 11.5 Å². The number of fused-ring (bicyclic) bond motifs is 1. The molecule has 5 rings (SSSR count). The number of aliphatic hydroxyl groups excluding tert-OH is 1. The van der Waals surface area contributed by atoms with Crippen LogP contribution in [-0.4, -0.2) is 43.9 Å². The molecule has 3 aromatic rings. The van der Waals surface area contributed by atoms with Crippen molar-refractivity contribution in [2.45, 2.75) is 24.5 Å². The van der Waals surface area contributed by atoms with E-state index in [1.165, 1.54) is 25.2 Å². The highest BCUT2D eigenvalue weighted by Gasteiger charge is 2.51. The van der Waals surface area contributed by atoms with Crippen LogP contribution >= 0.6 is 11.6 Å². The summed E-state index contributed by atoms with van der Waals surface area (Å²) in [4.78, 5) is 12.8. The van der Waals surface area contributed by atoms with E-state index in [1.54, 1.807) is 0 Å². The topological polar surface area (TPSA) is 79.8 Å². The second-order valence-corrected chi connectivity index (χ2v) is 9.18. The van der Waals surface area contributed by atoms with Crippen LogP contribution in [0.2, 0.25) is 5.02 Å². The van der Waals surface area contributed by atoms with Gasteiger partial charge >= 0.3 is 0 Å². The lowest BCUT2D eigenvalue weighted by Gasteiger charge is -2.43. The second kappa shape index (κ2) is 9.69. The predicted molar refractivity (Wildman–Crippen MR) is 132 cm³/mol. The fourth-order valence-electron chi connectivity index (χ4n) is 5.02. The lowest BCUT2D eigenvalue weighted by Crippen LogP contribution is -2.59. The number of hydrogen-bond acceptors (Lipinski definition) is 5. The maximum atomic E-state index is 15.9. The van der Waals surface area contributed by atoms with Crippen LogP contribution in [0.15, 0.2) is 48.5 Å². The minimum absolute atomic E-state index is 0.0278. The number of carbonyl (C=O) groups excluding carboxylic acids is 1. The Hall–Kier alpha value is -3.20. The molecule has 2 unspecified atom stereocenters. The first kappa shape index (κ1) is 24.5. The van der Waals surface area contributed by atoms with Gasteiger partial charge in [-0.3, -0.25) is 4.79 Å². The molecule has 1 saturated heterocycles. The number of benzene rings is 3. The van der Waals surface area contributed by atoms with Gasteiger partial charge in [0.25, 0.3) is 5.91 Å². The zero-order valence-electron chi connectivity index (χ0n) is 19.5. The third-order valence-corrected chi connectivity index (χ3v) is 7.21. The van der Waals surface area contributed by atoms with Gasteiger partial charge in [-0.1, -0.05) is 41.9 Å². The molecule has 2 aliphatic heterocycles. The van der Waals surface area contributed by atoms with Gasteiger partial charge in [-0.15, -0.1) is 0 Å². The van der Waals surface area contributed by atoms with Gasteiger partial charge in [0.1, 0.15) is 18.2 Å². The van der Waals surface area contributed by atoms with Crippen molar-refractivity contribution < 1.29 is 28.2 Å². The Bertz CT molecular complexity index is 1320. The standard InChI is InChI=1S/C27H25ClF2N2O4/c1-31-26(34)16-7-8-19(35-12-11-33)25(30)23(16)22-17-14-27(21-9-10-32-21,15-5-3-2-4-6-15)36-20(17)13-18(29)24(22)28/h2-8,13,21,32-33H,9-12,14H2,1H3,(H,31,34). The SMILES string of the molecule is CNC(=O)c1ccc(OCCO)c(F)c1-c1c(Cl)c(F)cc2c1CC(c1ccccc1)(C1CCN1)O2. The molecule has 3 aromatic carbocycles. The molecule has 2 heterocycles. The van der Waals surface area contributed by atoms with Crippen LogP contribution in [-0.2, 0) is 12.0 Å². The summed E-state index contributed by atoms with van der Waals surface area (Å²) in [5.41, 5.74) is 0.381. The first-order valence-electron chi connectivity index (χ1n) is 11.7. The highest BCUT2D eigenvalue weighted by atomic mass is 35.5. The largest absolute Gasteiger partial charge is 0.488 e. The number of aliphatic hydroxyl groups is 1. The number of halogens is 3. The van der Waals surface area contributed by atoms with Crippen molar-refractivity contribution >= 4 is 17.5 Å². The predicted octanol–water partition coefficient (Wildman–Crippen LogP) is 4.21. The van der Waals surface area contributed by atoms with Gasteiger partial charge in [0.05, 0.1) is 23.2 Å². The molecular formula is C27H25ClF2N2O4. The number of ether oxygens (including phenoxy) is 2. The molecular weight excluding hydrogens is 490 g/mol. The zero-order chi connectivity index (χ0) is 25.4. The average Bonchev–Trinajstić information content (AvgIpc) is 3.22. The fraction of sp³-hybridized carbons (Fsp3) is 0.296. The van der Waals surface area contributed by atoms with E-state index in [2.05, 4.69) is 10.6 Å². The summed E-state index contributed by atoms with van der Waals surface area (Å²) in [6.07, 6.45) is 1.13. The Morgan fingerprint density at radius 3 is 2.64 bits per heavy atom. The summed E-state index contributed by atoms with van der Waals surface area (Å²) >= 11 is 6.50. The van der Waals surface area contributed by atoms with Gasteiger partial charge < -0.3 is 25.2 Å². The van der Waals surface area contributed by atoms with Crippen LogP contribution in [0.25, 0.3) is 11.1 Å². The Balaban J connectivity index is 1.74. The van der Waals surface area contributed by atoms with E-state index in [1.807, 2.05) is 30.3 Å². The molecule has 1 fully saturated rings. The number of hydrogen-bond donors (Lipinski definition) is 3. The van der Waals surface area contributed by atoms with E-state index in [4.69, 9.17) is 26.2 Å². The normalized spacial score (nSPS) is 20.3. The lowest BCUT2D eigenvalue weighted by molar-refractivity contribution is 0.0190. The number of carbonyl (C=O) groups is 1. The summed E-state index contributed by atoms with van der Waals surface area (Å²) in [6, 6.07) is 13.5. The van der Waals surface area contributed by atoms with Crippen LogP contribution in [0.4, 0.5) is 8.78 Å². The first-order chi connectivity index (χ1) is 17.4. The second-order valence-electron chi connectivity index (χ2n) is 8.81. The van der Waals surface area contributed by atoms with Crippen LogP contribution in [0.3, 0.4) is 0 Å². The molecule has 9 heteroatoms. The molecule has 0 saturated carbocycles. The molecule has 2 atom stereocenters. The van der Waals surface area contributed by atoms with Gasteiger partial charge in [0, 0.05) is 36.2 Å². The third-order valence-electron chi connectivity index (χ3n) is 6.84. The smallest absolute Gasteiger partial charge is 0.251 e. The minimum Gasteiger partial charge on any atom is -0.488 e. The summed E-state index contributed by atoms with van der Waals surface area (Å²) in [5.74, 6) is -2.18. The van der Waals surface area contributed by atoms with Gasteiger partial charge in [-0.25, -0.2) is 8.78 Å². The van der Waals surface area contributed by atoms with Crippen molar-refractivity contribution in [2.75, 3.05) is 26.8 Å². The molecule has 1 amide bonds. The van der Waals surface area contributed by atoms with Crippen LogP contribution in [0.1, 0.15) is 27.9 Å². The quantitative estimate of drug-likeness (QED) is 0.440. The van der Waals surface area contributed by atoms with E-state index < -0.39 is 23.1 Å². The molecule has 3 N–H and O–H groups in total. The molecule has 0 radical (unpaired) electrons. The summed E-state index contributed by atoms with van der Waals surface area (Å²) in [7, 11) is 1.42. The third kappa shape index (κ3) is 3.89. The summed E-state index contributed by atoms with van der Waals surface area (Å²) in [5, 5.41) is 14.7. The number of amides is 1. The van der Waals surface area contributed by atoms with Gasteiger partial charge in [0.2, 0.25) is 0 Å². The Morgan fingerprint density at radius 1 is 1.25 bits per heavy atom. The van der Waals surface area contributed by atoms with Crippen LogP contribution < -0.4 is 20.1 Å². The van der Waals surface area contributed by atoms with Crippen molar-refractivity contribution in [2.24, 2.45) is 0 Å². The zero-order valence-corrected chi connectivity index (χ0v) is 20.3. The molecule has 6 nitrogen and oxygen atoms in total. The lowest BCUT2D eigenvalue weighted by atomic mass is 9.77. The van der Waals surface area contributed by atoms with Crippen molar-refractivity contribution in [1.29, 1.82) is 0 Å².